The summed E-state index contributed by atoms with van der Waals surface area (Å²) < 4.78 is 5.30. The minimum absolute atomic E-state index is 0.224. The van der Waals surface area contributed by atoms with Crippen LogP contribution in [-0.2, 0) is 0 Å². The summed E-state index contributed by atoms with van der Waals surface area (Å²) in [7, 11) is 0. The molecule has 5 nitrogen and oxygen atoms in total. The lowest BCUT2D eigenvalue weighted by atomic mass is 10.2. The maximum atomic E-state index is 11.6. The van der Waals surface area contributed by atoms with Crippen molar-refractivity contribution in [2.75, 3.05) is 5.48 Å². The maximum absolute atomic E-state index is 11.6. The van der Waals surface area contributed by atoms with Crippen LogP contribution in [0, 0.1) is 13.8 Å². The van der Waals surface area contributed by atoms with Crippen LogP contribution in [0.3, 0.4) is 0 Å². The molecule has 0 amide bonds. The fourth-order valence-electron chi connectivity index (χ4n) is 1.48. The highest BCUT2D eigenvalue weighted by atomic mass is 16.5. The number of aromatic nitrogens is 1. The molecule has 0 atom stereocenters. The Balaban J connectivity index is 2.96. The molecule has 5 heteroatoms. The number of hydrogen-bond acceptors (Lipinski definition) is 5. The van der Waals surface area contributed by atoms with E-state index in [1.54, 1.807) is 19.9 Å². The van der Waals surface area contributed by atoms with Gasteiger partial charge in [-0.15, -0.1) is 0 Å². The SMILES string of the molecule is Cc1cc(NO)c2c(=O)cc(C)oc2n1. The first-order valence-corrected chi connectivity index (χ1v) is 4.44. The largest absolute Gasteiger partial charge is 0.443 e. The molecule has 0 aromatic carbocycles. The van der Waals surface area contributed by atoms with Crippen molar-refractivity contribution in [3.05, 3.63) is 33.8 Å². The van der Waals surface area contributed by atoms with Gasteiger partial charge < -0.3 is 4.42 Å². The van der Waals surface area contributed by atoms with Crippen molar-refractivity contribution in [2.24, 2.45) is 0 Å². The number of fused-ring (bicyclic) bond motifs is 1. The summed E-state index contributed by atoms with van der Waals surface area (Å²) in [5.74, 6) is 0.495. The molecule has 78 valence electrons. The summed E-state index contributed by atoms with van der Waals surface area (Å²) in [5, 5.41) is 9.15. The molecule has 0 bridgehead atoms. The molecule has 0 spiro atoms. The summed E-state index contributed by atoms with van der Waals surface area (Å²) in [6.07, 6.45) is 0. The lowest BCUT2D eigenvalue weighted by Crippen LogP contribution is -2.06. The van der Waals surface area contributed by atoms with E-state index >= 15 is 0 Å². The van der Waals surface area contributed by atoms with Gasteiger partial charge >= 0.3 is 0 Å². The van der Waals surface area contributed by atoms with Gasteiger partial charge in [0.25, 0.3) is 0 Å². The van der Waals surface area contributed by atoms with E-state index in [2.05, 4.69) is 4.98 Å². The van der Waals surface area contributed by atoms with Crippen molar-refractivity contribution in [2.45, 2.75) is 13.8 Å². The Morgan fingerprint density at radius 2 is 2.13 bits per heavy atom. The van der Waals surface area contributed by atoms with Crippen molar-refractivity contribution in [1.29, 1.82) is 0 Å². The van der Waals surface area contributed by atoms with Crippen LogP contribution in [0.5, 0.6) is 0 Å². The molecule has 0 aliphatic carbocycles. The summed E-state index contributed by atoms with van der Waals surface area (Å²) >= 11 is 0. The Labute approximate surface area is 85.3 Å². The van der Waals surface area contributed by atoms with Gasteiger partial charge in [0.05, 0.1) is 5.69 Å². The average molecular weight is 206 g/mol. The molecule has 2 N–H and O–H groups in total. The smallest absolute Gasteiger partial charge is 0.232 e. The number of nitrogens with one attached hydrogen (secondary N) is 1. The first-order valence-electron chi connectivity index (χ1n) is 4.44. The number of nitrogens with zero attached hydrogens (tertiary/aromatic N) is 1. The van der Waals surface area contributed by atoms with E-state index in [1.165, 1.54) is 6.07 Å². The van der Waals surface area contributed by atoms with Gasteiger partial charge in [0, 0.05) is 11.8 Å². The fourth-order valence-corrected chi connectivity index (χ4v) is 1.48. The van der Waals surface area contributed by atoms with Crippen LogP contribution < -0.4 is 10.9 Å². The highest BCUT2D eigenvalue weighted by Crippen LogP contribution is 2.19. The quantitative estimate of drug-likeness (QED) is 0.693. The van der Waals surface area contributed by atoms with Gasteiger partial charge in [-0.05, 0) is 19.9 Å². The van der Waals surface area contributed by atoms with Gasteiger partial charge in [0.1, 0.15) is 11.1 Å². The Kier molecular flexibility index (Phi) is 2.17. The summed E-state index contributed by atoms with van der Waals surface area (Å²) in [6, 6.07) is 2.94. The number of pyridine rings is 1. The molecule has 0 unspecified atom stereocenters. The number of hydrogen-bond donors (Lipinski definition) is 2. The number of anilines is 1. The van der Waals surface area contributed by atoms with Crippen LogP contribution in [-0.4, -0.2) is 10.2 Å². The van der Waals surface area contributed by atoms with Crippen LogP contribution in [0.25, 0.3) is 11.1 Å². The number of aryl methyl sites for hydroxylation is 2. The van der Waals surface area contributed by atoms with E-state index in [0.29, 0.717) is 17.1 Å². The Hall–Kier alpha value is -1.88. The zero-order valence-corrected chi connectivity index (χ0v) is 8.37. The van der Waals surface area contributed by atoms with E-state index in [9.17, 15) is 4.79 Å². The molecule has 0 aliphatic rings. The normalized spacial score (nSPS) is 10.6. The van der Waals surface area contributed by atoms with Gasteiger partial charge in [-0.1, -0.05) is 0 Å². The number of rotatable bonds is 1. The van der Waals surface area contributed by atoms with Gasteiger partial charge in [-0.25, -0.2) is 4.98 Å². The second-order valence-corrected chi connectivity index (χ2v) is 3.32. The second-order valence-electron chi connectivity index (χ2n) is 3.32. The van der Waals surface area contributed by atoms with Crippen molar-refractivity contribution >= 4 is 16.8 Å². The molecule has 2 rings (SSSR count). The second kappa shape index (κ2) is 3.36. The fraction of sp³-hybridized carbons (Fsp3) is 0.200. The topological polar surface area (TPSA) is 75.4 Å². The maximum Gasteiger partial charge on any atom is 0.232 e. The van der Waals surface area contributed by atoms with Crippen LogP contribution in [0.1, 0.15) is 11.5 Å². The molecular weight excluding hydrogens is 196 g/mol. The highest BCUT2D eigenvalue weighted by Gasteiger charge is 2.09. The third-order valence-electron chi connectivity index (χ3n) is 2.07. The first-order chi connectivity index (χ1) is 7.11. The minimum atomic E-state index is -0.224. The van der Waals surface area contributed by atoms with Gasteiger partial charge in [0.15, 0.2) is 5.43 Å². The van der Waals surface area contributed by atoms with Gasteiger partial charge in [0.2, 0.25) is 5.71 Å². The molecule has 0 fully saturated rings. The molecule has 0 saturated heterocycles. The lowest BCUT2D eigenvalue weighted by Gasteiger charge is -2.04. The summed E-state index contributed by atoms with van der Waals surface area (Å²) in [5.41, 5.74) is 2.95. The third-order valence-corrected chi connectivity index (χ3v) is 2.07. The van der Waals surface area contributed by atoms with Crippen LogP contribution in [0.4, 0.5) is 5.69 Å². The monoisotopic (exact) mass is 206 g/mol. The molecule has 15 heavy (non-hydrogen) atoms. The van der Waals surface area contributed by atoms with Crippen molar-refractivity contribution < 1.29 is 9.62 Å². The van der Waals surface area contributed by atoms with Gasteiger partial charge in [-0.3, -0.25) is 15.5 Å². The minimum Gasteiger partial charge on any atom is -0.443 e. The third kappa shape index (κ3) is 1.57. The van der Waals surface area contributed by atoms with Crippen molar-refractivity contribution in [1.82, 2.24) is 4.98 Å². The van der Waals surface area contributed by atoms with E-state index < -0.39 is 0 Å². The molecule has 2 aromatic heterocycles. The van der Waals surface area contributed by atoms with Gasteiger partial charge in [-0.2, -0.15) is 0 Å². The molecule has 0 saturated carbocycles. The van der Waals surface area contributed by atoms with Crippen LogP contribution in [0.2, 0.25) is 0 Å². The predicted octanol–water partition coefficient (Wildman–Crippen LogP) is 1.61. The van der Waals surface area contributed by atoms with Crippen LogP contribution in [0.15, 0.2) is 21.3 Å². The van der Waals surface area contributed by atoms with E-state index in [1.807, 2.05) is 5.48 Å². The summed E-state index contributed by atoms with van der Waals surface area (Å²) in [4.78, 5) is 15.7. The Morgan fingerprint density at radius 3 is 2.80 bits per heavy atom. The van der Waals surface area contributed by atoms with E-state index in [4.69, 9.17) is 9.62 Å². The molecule has 0 radical (unpaired) electrons. The predicted molar refractivity (Wildman–Crippen MR) is 55.2 cm³/mol. The zero-order valence-electron chi connectivity index (χ0n) is 8.37. The average Bonchev–Trinajstić information content (AvgIpc) is 2.14. The zero-order chi connectivity index (χ0) is 11.0. The Morgan fingerprint density at radius 1 is 1.40 bits per heavy atom. The standard InChI is InChI=1S/C10H10N2O3/c1-5-3-7(12-14)9-8(13)4-6(2)15-10(9)11-5/h3-4,14H,1-2H3,(H,11,12). The molecule has 2 aromatic rings. The molecule has 2 heterocycles. The highest BCUT2D eigenvalue weighted by molar-refractivity contribution is 5.87. The lowest BCUT2D eigenvalue weighted by molar-refractivity contribution is 0.389. The molecular formula is C10H10N2O3. The van der Waals surface area contributed by atoms with Crippen LogP contribution >= 0.6 is 0 Å². The van der Waals surface area contributed by atoms with Crippen molar-refractivity contribution in [3.8, 4) is 0 Å². The Bertz CT molecular complexity index is 569. The van der Waals surface area contributed by atoms with E-state index in [-0.39, 0.29) is 16.5 Å². The van der Waals surface area contributed by atoms with E-state index in [0.717, 1.165) is 0 Å². The first kappa shape index (κ1) is 9.67. The van der Waals surface area contributed by atoms with Crippen molar-refractivity contribution in [3.63, 3.8) is 0 Å². The summed E-state index contributed by atoms with van der Waals surface area (Å²) in [6.45, 7) is 3.43. The molecule has 0 aliphatic heterocycles.